The fourth-order valence-corrected chi connectivity index (χ4v) is 4.30. The summed E-state index contributed by atoms with van der Waals surface area (Å²) in [4.78, 5) is 22.5. The number of carbonyl (C=O) groups excluding carboxylic acids is 1. The molecule has 4 nitrogen and oxygen atoms in total. The lowest BCUT2D eigenvalue weighted by atomic mass is 10.1. The number of fused-ring (bicyclic) bond motifs is 1. The molecule has 0 saturated carbocycles. The zero-order valence-corrected chi connectivity index (χ0v) is 17.3. The van der Waals surface area contributed by atoms with Crippen LogP contribution in [-0.2, 0) is 11.3 Å². The zero-order valence-electron chi connectivity index (χ0n) is 14.9. The van der Waals surface area contributed by atoms with Crippen molar-refractivity contribution in [3.8, 4) is 0 Å². The summed E-state index contributed by atoms with van der Waals surface area (Å²) < 4.78 is 0. The van der Waals surface area contributed by atoms with Gasteiger partial charge in [-0.15, -0.1) is 12.4 Å². The Morgan fingerprint density at radius 1 is 1.36 bits per heavy atom. The first-order chi connectivity index (χ1) is 11.3. The first-order valence-electron chi connectivity index (χ1n) is 8.10. The Morgan fingerprint density at radius 2 is 2.00 bits per heavy atom. The van der Waals surface area contributed by atoms with Gasteiger partial charge in [0.15, 0.2) is 5.17 Å². The van der Waals surface area contributed by atoms with Gasteiger partial charge in [0.2, 0.25) is 0 Å². The largest absolute Gasteiger partial charge is 0.334 e. The normalized spacial score (nSPS) is 18.0. The van der Waals surface area contributed by atoms with Crippen molar-refractivity contribution in [1.29, 1.82) is 0 Å². The van der Waals surface area contributed by atoms with Gasteiger partial charge < -0.3 is 9.80 Å². The van der Waals surface area contributed by atoms with E-state index in [0.29, 0.717) is 18.1 Å². The van der Waals surface area contributed by atoms with Crippen LogP contribution in [0.15, 0.2) is 39.9 Å². The third-order valence-corrected chi connectivity index (χ3v) is 5.67. The molecule has 0 aliphatic carbocycles. The second-order valence-corrected chi connectivity index (χ2v) is 8.17. The van der Waals surface area contributed by atoms with Gasteiger partial charge in [0.25, 0.3) is 5.91 Å². The molecule has 7 heteroatoms. The standard InChI is InChI=1S/C18H22ClN3OS.ClH/c1-5-21(10-13-6-8-14(19)9-7-13)16(23)15-12(2)22-11-18(3,4)20-17(22)24-15;/h6-9H,5,10-11H2,1-4H3;1H. The van der Waals surface area contributed by atoms with Crippen LogP contribution in [-0.4, -0.2) is 39.5 Å². The summed E-state index contributed by atoms with van der Waals surface area (Å²) >= 11 is 7.43. The molecule has 1 amide bonds. The predicted octanol–water partition coefficient (Wildman–Crippen LogP) is 4.54. The zero-order chi connectivity index (χ0) is 17.5. The highest BCUT2D eigenvalue weighted by molar-refractivity contribution is 8.18. The van der Waals surface area contributed by atoms with E-state index in [4.69, 9.17) is 16.6 Å². The van der Waals surface area contributed by atoms with Gasteiger partial charge >= 0.3 is 0 Å². The minimum absolute atomic E-state index is 0. The highest BCUT2D eigenvalue weighted by atomic mass is 35.5. The van der Waals surface area contributed by atoms with E-state index in [1.165, 1.54) is 11.8 Å². The van der Waals surface area contributed by atoms with Crippen LogP contribution in [0.1, 0.15) is 33.3 Å². The number of nitrogens with zero attached hydrogens (tertiary/aromatic N) is 3. The summed E-state index contributed by atoms with van der Waals surface area (Å²) in [5, 5.41) is 1.66. The molecule has 0 spiro atoms. The Bertz CT molecular complexity index is 728. The van der Waals surface area contributed by atoms with Crippen molar-refractivity contribution < 1.29 is 4.79 Å². The van der Waals surface area contributed by atoms with Gasteiger partial charge in [0.05, 0.1) is 10.4 Å². The van der Waals surface area contributed by atoms with Crippen LogP contribution in [0.5, 0.6) is 0 Å². The number of aliphatic imine (C=N–C) groups is 1. The summed E-state index contributed by atoms with van der Waals surface area (Å²) in [5.74, 6) is 0.0739. The van der Waals surface area contributed by atoms with E-state index >= 15 is 0 Å². The van der Waals surface area contributed by atoms with E-state index in [9.17, 15) is 4.79 Å². The number of carbonyl (C=O) groups is 1. The Kier molecular flexibility index (Phi) is 6.13. The molecule has 0 atom stereocenters. The maximum atomic E-state index is 13.0. The van der Waals surface area contributed by atoms with E-state index in [2.05, 4.69) is 18.7 Å². The molecule has 25 heavy (non-hydrogen) atoms. The van der Waals surface area contributed by atoms with E-state index in [0.717, 1.165) is 27.9 Å². The molecule has 0 unspecified atom stereocenters. The molecule has 2 aliphatic rings. The van der Waals surface area contributed by atoms with Crippen molar-refractivity contribution >= 4 is 46.8 Å². The molecule has 3 rings (SSSR count). The van der Waals surface area contributed by atoms with E-state index in [1.54, 1.807) is 0 Å². The van der Waals surface area contributed by atoms with Crippen LogP contribution in [0.4, 0.5) is 0 Å². The van der Waals surface area contributed by atoms with Gasteiger partial charge in [-0.2, -0.15) is 0 Å². The Hall–Kier alpha value is -1.17. The SMILES string of the molecule is CCN(Cc1ccc(Cl)cc1)C(=O)C1=C(C)N2CC(C)(C)N=C2S1.Cl. The molecule has 0 N–H and O–H groups in total. The first-order valence-corrected chi connectivity index (χ1v) is 9.30. The van der Waals surface area contributed by atoms with Crippen LogP contribution in [0.2, 0.25) is 5.02 Å². The first kappa shape index (κ1) is 20.1. The fourth-order valence-electron chi connectivity index (χ4n) is 2.92. The second kappa shape index (κ2) is 7.60. The summed E-state index contributed by atoms with van der Waals surface area (Å²) in [6, 6.07) is 7.65. The van der Waals surface area contributed by atoms with Gasteiger partial charge in [-0.1, -0.05) is 23.7 Å². The fraction of sp³-hybridized carbons (Fsp3) is 0.444. The number of hydrogen-bond acceptors (Lipinski definition) is 4. The number of rotatable bonds is 4. The van der Waals surface area contributed by atoms with Crippen LogP contribution < -0.4 is 0 Å². The highest BCUT2D eigenvalue weighted by Gasteiger charge is 2.40. The molecule has 0 radical (unpaired) electrons. The summed E-state index contributed by atoms with van der Waals surface area (Å²) in [6.45, 7) is 10.3. The van der Waals surface area contributed by atoms with Crippen molar-refractivity contribution in [2.75, 3.05) is 13.1 Å². The maximum absolute atomic E-state index is 13.0. The van der Waals surface area contributed by atoms with Crippen molar-refractivity contribution in [1.82, 2.24) is 9.80 Å². The Morgan fingerprint density at radius 3 is 2.56 bits per heavy atom. The number of amidine groups is 1. The van der Waals surface area contributed by atoms with Gasteiger partial charge in [-0.3, -0.25) is 9.79 Å². The number of benzene rings is 1. The van der Waals surface area contributed by atoms with Gasteiger partial charge in [-0.25, -0.2) is 0 Å². The average Bonchev–Trinajstić information content (AvgIpc) is 2.99. The van der Waals surface area contributed by atoms with Gasteiger partial charge in [-0.05, 0) is 57.2 Å². The Balaban J connectivity index is 0.00000225. The quantitative estimate of drug-likeness (QED) is 0.745. The van der Waals surface area contributed by atoms with Crippen LogP contribution in [0, 0.1) is 0 Å². The van der Waals surface area contributed by atoms with Crippen LogP contribution in [0.3, 0.4) is 0 Å². The molecule has 0 fully saturated rings. The topological polar surface area (TPSA) is 35.9 Å². The minimum atomic E-state index is -0.0775. The molecule has 2 aliphatic heterocycles. The average molecular weight is 400 g/mol. The number of allylic oxidation sites excluding steroid dienone is 1. The molecular weight excluding hydrogens is 377 g/mol. The van der Waals surface area contributed by atoms with E-state index in [-0.39, 0.29) is 23.9 Å². The van der Waals surface area contributed by atoms with Crippen LogP contribution >= 0.6 is 35.8 Å². The molecule has 0 bridgehead atoms. The highest BCUT2D eigenvalue weighted by Crippen LogP contribution is 2.41. The van der Waals surface area contributed by atoms with Gasteiger partial charge in [0, 0.05) is 30.4 Å². The molecule has 0 saturated heterocycles. The van der Waals surface area contributed by atoms with Crippen molar-refractivity contribution in [3.63, 3.8) is 0 Å². The minimum Gasteiger partial charge on any atom is -0.334 e. The third-order valence-electron chi connectivity index (χ3n) is 4.25. The maximum Gasteiger partial charge on any atom is 0.262 e. The molecular formula is C18H23Cl2N3OS. The predicted molar refractivity (Wildman–Crippen MR) is 108 cm³/mol. The lowest BCUT2D eigenvalue weighted by Gasteiger charge is -2.23. The number of amides is 1. The Labute approximate surface area is 164 Å². The summed E-state index contributed by atoms with van der Waals surface area (Å²) in [5.41, 5.74) is 2.02. The number of hydrogen-bond donors (Lipinski definition) is 0. The van der Waals surface area contributed by atoms with Crippen molar-refractivity contribution in [2.24, 2.45) is 4.99 Å². The smallest absolute Gasteiger partial charge is 0.262 e. The van der Waals surface area contributed by atoms with Crippen molar-refractivity contribution in [2.45, 2.75) is 39.8 Å². The lowest BCUT2D eigenvalue weighted by Crippen LogP contribution is -2.32. The monoisotopic (exact) mass is 399 g/mol. The third kappa shape index (κ3) is 4.15. The number of thioether (sulfide) groups is 1. The summed E-state index contributed by atoms with van der Waals surface area (Å²) in [6.07, 6.45) is 0. The molecule has 1 aromatic rings. The molecule has 2 heterocycles. The number of halogens is 2. The van der Waals surface area contributed by atoms with Crippen molar-refractivity contribution in [3.05, 3.63) is 45.5 Å². The molecule has 136 valence electrons. The number of likely N-dealkylation sites (N-methyl/N-ethyl adjacent to an activating group) is 1. The summed E-state index contributed by atoms with van der Waals surface area (Å²) in [7, 11) is 0. The lowest BCUT2D eigenvalue weighted by molar-refractivity contribution is -0.126. The second-order valence-electron chi connectivity index (χ2n) is 6.76. The van der Waals surface area contributed by atoms with Crippen LogP contribution in [0.25, 0.3) is 0 Å². The molecule has 0 aromatic heterocycles. The van der Waals surface area contributed by atoms with E-state index in [1.807, 2.05) is 43.0 Å². The van der Waals surface area contributed by atoms with Gasteiger partial charge in [0.1, 0.15) is 0 Å². The van der Waals surface area contributed by atoms with E-state index < -0.39 is 0 Å². The molecule has 1 aromatic carbocycles.